The number of halogens is 1. The van der Waals surface area contributed by atoms with Crippen LogP contribution in [0.25, 0.3) is 0 Å². The summed E-state index contributed by atoms with van der Waals surface area (Å²) in [5, 5.41) is 6.66. The average Bonchev–Trinajstić information content (AvgIpc) is 2.76. The van der Waals surface area contributed by atoms with E-state index in [1.54, 1.807) is 6.92 Å². The molecule has 0 aliphatic carbocycles. The summed E-state index contributed by atoms with van der Waals surface area (Å²) in [6, 6.07) is 5.19. The summed E-state index contributed by atoms with van der Waals surface area (Å²) in [5.74, 6) is 0.169. The standard InChI is InChI=1S/C10H10ClN3O3S2/c1-6(9-12-13-10(18)17-9)14-19(15,16)8-4-2-7(11)3-5-8/h2-6,14H,1H3,(H,13,18)/t6-/m1/s1. The molecule has 0 saturated heterocycles. The first-order valence-corrected chi connectivity index (χ1v) is 7.49. The van der Waals surface area contributed by atoms with Crippen molar-refractivity contribution in [2.24, 2.45) is 0 Å². The van der Waals surface area contributed by atoms with Crippen molar-refractivity contribution in [1.29, 1.82) is 0 Å². The van der Waals surface area contributed by atoms with Crippen LogP contribution in [0.5, 0.6) is 0 Å². The Labute approximate surface area is 119 Å². The van der Waals surface area contributed by atoms with Crippen LogP contribution in [0.1, 0.15) is 18.9 Å². The first-order chi connectivity index (χ1) is 8.88. The van der Waals surface area contributed by atoms with Crippen molar-refractivity contribution in [3.63, 3.8) is 0 Å². The molecular weight excluding hydrogens is 310 g/mol. The molecule has 0 amide bonds. The minimum absolute atomic E-state index is 0.0903. The van der Waals surface area contributed by atoms with Crippen molar-refractivity contribution < 1.29 is 12.8 Å². The third-order valence-corrected chi connectivity index (χ3v) is 4.26. The maximum absolute atomic E-state index is 12.1. The van der Waals surface area contributed by atoms with Gasteiger partial charge in [-0.05, 0) is 43.4 Å². The van der Waals surface area contributed by atoms with Gasteiger partial charge in [0.25, 0.3) is 4.84 Å². The number of H-pyrrole nitrogens is 1. The van der Waals surface area contributed by atoms with Crippen LogP contribution in [0, 0.1) is 4.84 Å². The molecule has 2 aromatic rings. The van der Waals surface area contributed by atoms with Gasteiger partial charge in [0.05, 0.1) is 10.9 Å². The van der Waals surface area contributed by atoms with Crippen LogP contribution in [0.15, 0.2) is 33.6 Å². The number of hydrogen-bond acceptors (Lipinski definition) is 5. The number of rotatable bonds is 4. The van der Waals surface area contributed by atoms with Gasteiger partial charge in [-0.25, -0.2) is 13.5 Å². The third kappa shape index (κ3) is 3.41. The van der Waals surface area contributed by atoms with E-state index < -0.39 is 16.1 Å². The van der Waals surface area contributed by atoms with Gasteiger partial charge in [-0.15, -0.1) is 5.10 Å². The number of aromatic amines is 1. The maximum Gasteiger partial charge on any atom is 0.284 e. The molecule has 0 spiro atoms. The highest BCUT2D eigenvalue weighted by molar-refractivity contribution is 7.89. The van der Waals surface area contributed by atoms with E-state index in [0.29, 0.717) is 5.02 Å². The summed E-state index contributed by atoms with van der Waals surface area (Å²) in [6.45, 7) is 1.60. The highest BCUT2D eigenvalue weighted by Crippen LogP contribution is 2.17. The van der Waals surface area contributed by atoms with Crippen LogP contribution < -0.4 is 4.72 Å². The third-order valence-electron chi connectivity index (χ3n) is 2.28. The summed E-state index contributed by atoms with van der Waals surface area (Å²) in [6.07, 6.45) is 0. The van der Waals surface area contributed by atoms with Crippen LogP contribution >= 0.6 is 23.8 Å². The molecule has 9 heteroatoms. The van der Waals surface area contributed by atoms with E-state index >= 15 is 0 Å². The van der Waals surface area contributed by atoms with E-state index in [0.717, 1.165) is 0 Å². The summed E-state index contributed by atoms with van der Waals surface area (Å²) >= 11 is 10.4. The molecule has 102 valence electrons. The number of sulfonamides is 1. The maximum atomic E-state index is 12.1. The molecule has 1 aromatic carbocycles. The van der Waals surface area contributed by atoms with Crippen molar-refractivity contribution in [1.82, 2.24) is 14.9 Å². The van der Waals surface area contributed by atoms with E-state index in [2.05, 4.69) is 14.9 Å². The Bertz CT molecular complexity index is 721. The van der Waals surface area contributed by atoms with Gasteiger partial charge in [-0.3, -0.25) is 0 Å². The molecular formula is C10H10ClN3O3S2. The molecule has 1 heterocycles. The van der Waals surface area contributed by atoms with Crippen LogP contribution in [-0.4, -0.2) is 18.6 Å². The van der Waals surface area contributed by atoms with Crippen LogP contribution in [0.3, 0.4) is 0 Å². The number of aromatic nitrogens is 2. The molecule has 0 aliphatic heterocycles. The number of nitrogens with zero attached hydrogens (tertiary/aromatic N) is 1. The zero-order valence-electron chi connectivity index (χ0n) is 9.75. The molecule has 0 saturated carbocycles. The fraction of sp³-hybridized carbons (Fsp3) is 0.200. The van der Waals surface area contributed by atoms with Crippen LogP contribution in [0.2, 0.25) is 5.02 Å². The van der Waals surface area contributed by atoms with Gasteiger partial charge < -0.3 is 4.42 Å². The Morgan fingerprint density at radius 3 is 2.58 bits per heavy atom. The Kier molecular flexibility index (Phi) is 4.04. The minimum atomic E-state index is -3.67. The van der Waals surface area contributed by atoms with E-state index in [1.165, 1.54) is 24.3 Å². The predicted molar refractivity (Wildman–Crippen MR) is 71.9 cm³/mol. The normalized spacial score (nSPS) is 13.4. The van der Waals surface area contributed by atoms with Gasteiger partial charge in [0.2, 0.25) is 15.9 Å². The minimum Gasteiger partial charge on any atom is -0.412 e. The second-order valence-electron chi connectivity index (χ2n) is 3.75. The van der Waals surface area contributed by atoms with Crippen molar-refractivity contribution in [3.8, 4) is 0 Å². The quantitative estimate of drug-likeness (QED) is 0.845. The molecule has 2 rings (SSSR count). The summed E-state index contributed by atoms with van der Waals surface area (Å²) in [7, 11) is -3.67. The molecule has 19 heavy (non-hydrogen) atoms. The van der Waals surface area contributed by atoms with Gasteiger partial charge in [0.1, 0.15) is 0 Å². The topological polar surface area (TPSA) is 88.0 Å². The van der Waals surface area contributed by atoms with Crippen molar-refractivity contribution in [2.75, 3.05) is 0 Å². The number of benzene rings is 1. The molecule has 6 nitrogen and oxygen atoms in total. The second-order valence-corrected chi connectivity index (χ2v) is 6.27. The van der Waals surface area contributed by atoms with Crippen molar-refractivity contribution >= 4 is 33.8 Å². The van der Waals surface area contributed by atoms with Crippen LogP contribution in [-0.2, 0) is 10.0 Å². The summed E-state index contributed by atoms with van der Waals surface area (Å²) in [5.41, 5.74) is 0. The van der Waals surface area contributed by atoms with Gasteiger partial charge >= 0.3 is 0 Å². The highest BCUT2D eigenvalue weighted by Gasteiger charge is 2.21. The Hall–Kier alpha value is -1.22. The molecule has 1 aromatic heterocycles. The van der Waals surface area contributed by atoms with Crippen LogP contribution in [0.4, 0.5) is 0 Å². The molecule has 2 N–H and O–H groups in total. The zero-order valence-corrected chi connectivity index (χ0v) is 12.1. The predicted octanol–water partition coefficient (Wildman–Crippen LogP) is 2.43. The van der Waals surface area contributed by atoms with Gasteiger partial charge in [-0.2, -0.15) is 4.72 Å². The lowest BCUT2D eigenvalue weighted by atomic mass is 10.4. The van der Waals surface area contributed by atoms with Crippen molar-refractivity contribution in [2.45, 2.75) is 17.9 Å². The lowest BCUT2D eigenvalue weighted by Crippen LogP contribution is -2.27. The molecule has 0 radical (unpaired) electrons. The van der Waals surface area contributed by atoms with Gasteiger partial charge in [0, 0.05) is 5.02 Å². The summed E-state index contributed by atoms with van der Waals surface area (Å²) < 4.78 is 31.6. The number of nitrogens with one attached hydrogen (secondary N) is 2. The Morgan fingerprint density at radius 1 is 1.42 bits per heavy atom. The average molecular weight is 320 g/mol. The van der Waals surface area contributed by atoms with Gasteiger partial charge in [-0.1, -0.05) is 11.6 Å². The lowest BCUT2D eigenvalue weighted by Gasteiger charge is -2.10. The molecule has 1 atom stereocenters. The lowest BCUT2D eigenvalue weighted by molar-refractivity contribution is 0.435. The first kappa shape index (κ1) is 14.2. The smallest absolute Gasteiger partial charge is 0.284 e. The largest absolute Gasteiger partial charge is 0.412 e. The number of hydrogen-bond donors (Lipinski definition) is 2. The molecule has 0 bridgehead atoms. The highest BCUT2D eigenvalue weighted by atomic mass is 35.5. The Balaban J connectivity index is 2.22. The van der Waals surface area contributed by atoms with E-state index in [1.807, 2.05) is 0 Å². The second kappa shape index (κ2) is 5.41. The van der Waals surface area contributed by atoms with E-state index in [4.69, 9.17) is 28.2 Å². The summed E-state index contributed by atoms with van der Waals surface area (Å²) in [4.78, 5) is 0.199. The zero-order chi connectivity index (χ0) is 14.0. The SMILES string of the molecule is C[C@@H](NS(=O)(=O)c1ccc(Cl)cc1)c1n[nH]c(=S)o1. The Morgan fingerprint density at radius 2 is 2.05 bits per heavy atom. The fourth-order valence-electron chi connectivity index (χ4n) is 1.39. The van der Waals surface area contributed by atoms with E-state index in [9.17, 15) is 8.42 Å². The molecule has 0 unspecified atom stereocenters. The molecule has 0 fully saturated rings. The monoisotopic (exact) mass is 319 g/mol. The van der Waals surface area contributed by atoms with Gasteiger partial charge in [0.15, 0.2) is 0 Å². The fourth-order valence-corrected chi connectivity index (χ4v) is 2.85. The van der Waals surface area contributed by atoms with E-state index in [-0.39, 0.29) is 15.6 Å². The molecule has 0 aliphatic rings. The first-order valence-electron chi connectivity index (χ1n) is 5.22. The van der Waals surface area contributed by atoms with Crippen molar-refractivity contribution in [3.05, 3.63) is 40.0 Å².